The minimum atomic E-state index is -0.927. The monoisotopic (exact) mass is 375 g/mol. The van der Waals surface area contributed by atoms with E-state index in [0.717, 1.165) is 17.7 Å². The highest BCUT2D eigenvalue weighted by atomic mass is 32.2. The Kier molecular flexibility index (Phi) is 5.61. The largest absolute Gasteiger partial charge is 0.352 e. The zero-order valence-electron chi connectivity index (χ0n) is 14.5. The Hall–Kier alpha value is -2.35. The summed E-state index contributed by atoms with van der Waals surface area (Å²) in [7, 11) is 0. The summed E-state index contributed by atoms with van der Waals surface area (Å²) in [5, 5.41) is 5.35. The summed E-state index contributed by atoms with van der Waals surface area (Å²) in [6.45, 7) is -0.158. The Balaban J connectivity index is 1.71. The van der Waals surface area contributed by atoms with E-state index in [2.05, 4.69) is 10.6 Å². The molecule has 26 heavy (non-hydrogen) atoms. The minimum Gasteiger partial charge on any atom is -0.352 e. The van der Waals surface area contributed by atoms with Gasteiger partial charge in [-0.1, -0.05) is 12.1 Å². The van der Waals surface area contributed by atoms with E-state index in [4.69, 9.17) is 0 Å². The van der Waals surface area contributed by atoms with Crippen molar-refractivity contribution in [2.24, 2.45) is 0 Å². The number of thioether (sulfide) groups is 1. The standard InChI is InChI=1S/C18H21N3O4S/c1-26-9-8-14(16(23)19-10-15(22)20-11-6-7-11)21-17(24)12-4-2-3-5-13(12)18(21)25/h2-5,11,14H,6-10H2,1H3,(H,19,23)(H,20,22). The number of benzene rings is 1. The third kappa shape index (κ3) is 3.90. The third-order valence-electron chi connectivity index (χ3n) is 4.40. The second-order valence-corrected chi connectivity index (χ2v) is 7.37. The first-order valence-corrected chi connectivity index (χ1v) is 9.95. The first kappa shape index (κ1) is 18.4. The molecule has 138 valence electrons. The number of hydrogen-bond acceptors (Lipinski definition) is 5. The molecule has 1 aromatic carbocycles. The van der Waals surface area contributed by atoms with Crippen LogP contribution in [0, 0.1) is 0 Å². The van der Waals surface area contributed by atoms with Crippen molar-refractivity contribution in [3.63, 3.8) is 0 Å². The zero-order valence-corrected chi connectivity index (χ0v) is 15.3. The normalized spacial score (nSPS) is 17.0. The number of fused-ring (bicyclic) bond motifs is 1. The number of nitrogens with zero attached hydrogens (tertiary/aromatic N) is 1. The van der Waals surface area contributed by atoms with E-state index < -0.39 is 23.8 Å². The predicted octanol–water partition coefficient (Wildman–Crippen LogP) is 0.799. The summed E-state index contributed by atoms with van der Waals surface area (Å²) in [6, 6.07) is 5.83. The van der Waals surface area contributed by atoms with Crippen molar-refractivity contribution < 1.29 is 19.2 Å². The molecule has 1 aliphatic heterocycles. The van der Waals surface area contributed by atoms with Gasteiger partial charge in [0.15, 0.2) is 0 Å². The van der Waals surface area contributed by atoms with Crippen LogP contribution in [0.2, 0.25) is 0 Å². The number of carbonyl (C=O) groups is 4. The fraction of sp³-hybridized carbons (Fsp3) is 0.444. The summed E-state index contributed by atoms with van der Waals surface area (Å²) in [6.07, 6.45) is 4.15. The number of amides is 4. The van der Waals surface area contributed by atoms with Crippen molar-refractivity contribution >= 4 is 35.4 Å². The van der Waals surface area contributed by atoms with E-state index in [9.17, 15) is 19.2 Å². The summed E-state index contributed by atoms with van der Waals surface area (Å²) >= 11 is 1.53. The number of carbonyl (C=O) groups excluding carboxylic acids is 4. The molecule has 2 aliphatic rings. The quantitative estimate of drug-likeness (QED) is 0.655. The molecule has 1 aliphatic carbocycles. The predicted molar refractivity (Wildman–Crippen MR) is 97.9 cm³/mol. The van der Waals surface area contributed by atoms with Crippen LogP contribution in [-0.4, -0.2) is 59.2 Å². The molecule has 0 bridgehead atoms. The van der Waals surface area contributed by atoms with Crippen molar-refractivity contribution in [2.45, 2.75) is 31.3 Å². The first-order chi connectivity index (χ1) is 12.5. The van der Waals surface area contributed by atoms with Crippen LogP contribution in [0.4, 0.5) is 0 Å². The SMILES string of the molecule is CSCCC(C(=O)NCC(=O)NC1CC1)N1C(=O)c2ccccc2C1=O. The van der Waals surface area contributed by atoms with Crippen LogP contribution >= 0.6 is 11.8 Å². The fourth-order valence-electron chi connectivity index (χ4n) is 2.89. The van der Waals surface area contributed by atoms with Crippen LogP contribution in [0.3, 0.4) is 0 Å². The topological polar surface area (TPSA) is 95.6 Å². The molecule has 1 unspecified atom stereocenters. The Morgan fingerprint density at radius 1 is 1.19 bits per heavy atom. The highest BCUT2D eigenvalue weighted by Crippen LogP contribution is 2.26. The summed E-state index contributed by atoms with van der Waals surface area (Å²) < 4.78 is 0. The Morgan fingerprint density at radius 2 is 1.81 bits per heavy atom. The van der Waals surface area contributed by atoms with Crippen molar-refractivity contribution in [1.82, 2.24) is 15.5 Å². The molecule has 7 nitrogen and oxygen atoms in total. The molecule has 1 aromatic rings. The van der Waals surface area contributed by atoms with E-state index in [-0.39, 0.29) is 18.5 Å². The van der Waals surface area contributed by atoms with Crippen molar-refractivity contribution in [3.8, 4) is 0 Å². The third-order valence-corrected chi connectivity index (χ3v) is 5.04. The summed E-state index contributed by atoms with van der Waals surface area (Å²) in [4.78, 5) is 50.7. The van der Waals surface area contributed by atoms with Gasteiger partial charge in [0.2, 0.25) is 11.8 Å². The van der Waals surface area contributed by atoms with Crippen molar-refractivity contribution in [3.05, 3.63) is 35.4 Å². The molecule has 0 aromatic heterocycles. The van der Waals surface area contributed by atoms with Gasteiger partial charge in [-0.25, -0.2) is 0 Å². The van der Waals surface area contributed by atoms with Gasteiger partial charge in [0.25, 0.3) is 11.8 Å². The Labute approximate surface area is 155 Å². The van der Waals surface area contributed by atoms with Gasteiger partial charge in [0, 0.05) is 6.04 Å². The highest BCUT2D eigenvalue weighted by molar-refractivity contribution is 7.98. The fourth-order valence-corrected chi connectivity index (χ4v) is 3.35. The molecule has 1 fully saturated rings. The molecule has 4 amide bonds. The van der Waals surface area contributed by atoms with Gasteiger partial charge in [-0.05, 0) is 43.4 Å². The molecular weight excluding hydrogens is 354 g/mol. The maximum atomic E-state index is 12.6. The van der Waals surface area contributed by atoms with Gasteiger partial charge in [-0.2, -0.15) is 11.8 Å². The van der Waals surface area contributed by atoms with Crippen LogP contribution in [0.25, 0.3) is 0 Å². The molecule has 1 saturated carbocycles. The maximum absolute atomic E-state index is 12.6. The lowest BCUT2D eigenvalue weighted by molar-refractivity contribution is -0.128. The molecule has 2 N–H and O–H groups in total. The van der Waals surface area contributed by atoms with Gasteiger partial charge in [0.1, 0.15) is 6.04 Å². The summed E-state index contributed by atoms with van der Waals surface area (Å²) in [5.74, 6) is -1.06. The lowest BCUT2D eigenvalue weighted by atomic mass is 10.1. The molecule has 0 saturated heterocycles. The minimum absolute atomic E-state index is 0.158. The van der Waals surface area contributed by atoms with Crippen LogP contribution in [0.5, 0.6) is 0 Å². The van der Waals surface area contributed by atoms with Gasteiger partial charge in [-0.3, -0.25) is 24.1 Å². The molecule has 8 heteroatoms. The molecule has 1 atom stereocenters. The van der Waals surface area contributed by atoms with Gasteiger partial charge in [-0.15, -0.1) is 0 Å². The van der Waals surface area contributed by atoms with Crippen LogP contribution in [0.15, 0.2) is 24.3 Å². The van der Waals surface area contributed by atoms with E-state index in [1.54, 1.807) is 24.3 Å². The van der Waals surface area contributed by atoms with E-state index in [1.807, 2.05) is 6.26 Å². The first-order valence-electron chi connectivity index (χ1n) is 8.56. The average molecular weight is 375 g/mol. The van der Waals surface area contributed by atoms with Crippen molar-refractivity contribution in [2.75, 3.05) is 18.6 Å². The second kappa shape index (κ2) is 7.90. The van der Waals surface area contributed by atoms with E-state index in [1.165, 1.54) is 11.8 Å². The lowest BCUT2D eigenvalue weighted by Gasteiger charge is -2.25. The Bertz CT molecular complexity index is 713. The summed E-state index contributed by atoms with van der Waals surface area (Å²) in [5.41, 5.74) is 0.622. The Morgan fingerprint density at radius 3 is 2.35 bits per heavy atom. The highest BCUT2D eigenvalue weighted by Gasteiger charge is 2.42. The van der Waals surface area contributed by atoms with Gasteiger partial charge in [0.05, 0.1) is 17.7 Å². The molecule has 0 spiro atoms. The van der Waals surface area contributed by atoms with E-state index >= 15 is 0 Å². The number of rotatable bonds is 8. The second-order valence-electron chi connectivity index (χ2n) is 6.38. The van der Waals surface area contributed by atoms with Crippen molar-refractivity contribution in [1.29, 1.82) is 0 Å². The molecular formula is C18H21N3O4S. The molecule has 0 radical (unpaired) electrons. The molecule has 1 heterocycles. The van der Waals surface area contributed by atoms with Crippen LogP contribution in [-0.2, 0) is 9.59 Å². The lowest BCUT2D eigenvalue weighted by Crippen LogP contribution is -2.51. The van der Waals surface area contributed by atoms with Crippen LogP contribution < -0.4 is 10.6 Å². The molecule has 3 rings (SSSR count). The van der Waals surface area contributed by atoms with Gasteiger partial charge >= 0.3 is 0 Å². The number of hydrogen-bond donors (Lipinski definition) is 2. The number of imide groups is 1. The zero-order chi connectivity index (χ0) is 18.7. The maximum Gasteiger partial charge on any atom is 0.262 e. The van der Waals surface area contributed by atoms with Crippen LogP contribution in [0.1, 0.15) is 40.0 Å². The number of nitrogens with one attached hydrogen (secondary N) is 2. The van der Waals surface area contributed by atoms with E-state index in [0.29, 0.717) is 23.3 Å². The average Bonchev–Trinajstić information content (AvgIpc) is 3.42. The van der Waals surface area contributed by atoms with Gasteiger partial charge < -0.3 is 10.6 Å². The smallest absolute Gasteiger partial charge is 0.262 e.